The van der Waals surface area contributed by atoms with Crippen molar-refractivity contribution in [2.24, 2.45) is 0 Å². The molecule has 1 saturated heterocycles. The number of anilines is 1. The van der Waals surface area contributed by atoms with E-state index in [4.69, 9.17) is 0 Å². The number of hydrogen-bond donors (Lipinski definition) is 1. The smallest absolute Gasteiger partial charge is 0.279 e. The Bertz CT molecular complexity index is 526. The molecule has 0 amide bonds. The summed E-state index contributed by atoms with van der Waals surface area (Å²) in [6.45, 7) is 2.10. The first-order chi connectivity index (χ1) is 8.99. The van der Waals surface area contributed by atoms with Gasteiger partial charge in [0.15, 0.2) is 0 Å². The Morgan fingerprint density at radius 1 is 1.37 bits per heavy atom. The van der Waals surface area contributed by atoms with Crippen LogP contribution in [0.25, 0.3) is 0 Å². The molecule has 0 unspecified atom stereocenters. The standard InChI is InChI=1S/C11H19N5O2S/c1-15(2)19(17,18)13-9-10-5-6-12-11(14-10)16-7-3-4-8-16/h5-6,13H,3-4,7-9H2,1-2H3. The van der Waals surface area contributed by atoms with Gasteiger partial charge in [-0.2, -0.15) is 17.4 Å². The Labute approximate surface area is 113 Å². The lowest BCUT2D eigenvalue weighted by Gasteiger charge is -2.16. The second kappa shape index (κ2) is 5.81. The maximum absolute atomic E-state index is 11.6. The van der Waals surface area contributed by atoms with Crippen molar-refractivity contribution in [2.45, 2.75) is 19.4 Å². The highest BCUT2D eigenvalue weighted by atomic mass is 32.2. The van der Waals surface area contributed by atoms with Crippen molar-refractivity contribution in [3.05, 3.63) is 18.0 Å². The molecule has 0 aliphatic carbocycles. The van der Waals surface area contributed by atoms with Crippen LogP contribution in [0.1, 0.15) is 18.5 Å². The molecule has 1 aliphatic rings. The molecule has 8 heteroatoms. The van der Waals surface area contributed by atoms with Gasteiger partial charge in [0, 0.05) is 33.4 Å². The van der Waals surface area contributed by atoms with Crippen LogP contribution in [-0.2, 0) is 16.8 Å². The van der Waals surface area contributed by atoms with Crippen LogP contribution in [0.5, 0.6) is 0 Å². The van der Waals surface area contributed by atoms with E-state index in [1.54, 1.807) is 12.3 Å². The summed E-state index contributed by atoms with van der Waals surface area (Å²) in [5.74, 6) is 0.680. The van der Waals surface area contributed by atoms with Gasteiger partial charge in [0.05, 0.1) is 12.2 Å². The summed E-state index contributed by atoms with van der Waals surface area (Å²) in [4.78, 5) is 10.7. The third-order valence-corrected chi connectivity index (χ3v) is 4.48. The van der Waals surface area contributed by atoms with Gasteiger partial charge in [-0.15, -0.1) is 0 Å². The molecule has 2 rings (SSSR count). The van der Waals surface area contributed by atoms with Gasteiger partial charge in [0.1, 0.15) is 0 Å². The van der Waals surface area contributed by atoms with Gasteiger partial charge in [-0.1, -0.05) is 0 Å². The quantitative estimate of drug-likeness (QED) is 0.822. The fraction of sp³-hybridized carbons (Fsp3) is 0.636. The molecular formula is C11H19N5O2S. The lowest BCUT2D eigenvalue weighted by molar-refractivity contribution is 0.504. The molecule has 2 heterocycles. The Morgan fingerprint density at radius 3 is 2.68 bits per heavy atom. The monoisotopic (exact) mass is 285 g/mol. The summed E-state index contributed by atoms with van der Waals surface area (Å²) < 4.78 is 26.8. The van der Waals surface area contributed by atoms with Crippen LogP contribution in [0.2, 0.25) is 0 Å². The number of aromatic nitrogens is 2. The predicted molar refractivity (Wildman–Crippen MR) is 72.9 cm³/mol. The Balaban J connectivity index is 2.03. The summed E-state index contributed by atoms with van der Waals surface area (Å²) in [7, 11) is -0.451. The molecule has 0 aromatic carbocycles. The maximum Gasteiger partial charge on any atom is 0.279 e. The zero-order chi connectivity index (χ0) is 13.9. The molecule has 1 aromatic heterocycles. The third kappa shape index (κ3) is 3.62. The van der Waals surface area contributed by atoms with Gasteiger partial charge in [-0.05, 0) is 18.9 Å². The molecule has 1 aromatic rings. The number of rotatable bonds is 5. The Kier molecular flexibility index (Phi) is 4.33. The number of nitrogens with zero attached hydrogens (tertiary/aromatic N) is 4. The summed E-state index contributed by atoms with van der Waals surface area (Å²) >= 11 is 0. The second-order valence-corrected chi connectivity index (χ2v) is 6.62. The van der Waals surface area contributed by atoms with E-state index in [-0.39, 0.29) is 6.54 Å². The Morgan fingerprint density at radius 2 is 2.05 bits per heavy atom. The average Bonchev–Trinajstić information content (AvgIpc) is 2.90. The lowest BCUT2D eigenvalue weighted by Crippen LogP contribution is -2.35. The zero-order valence-electron chi connectivity index (χ0n) is 11.2. The normalized spacial score (nSPS) is 16.3. The molecule has 0 spiro atoms. The van der Waals surface area contributed by atoms with Crippen LogP contribution in [-0.4, -0.2) is 49.9 Å². The summed E-state index contributed by atoms with van der Waals surface area (Å²) in [5, 5.41) is 0. The molecule has 1 fully saturated rings. The number of nitrogens with one attached hydrogen (secondary N) is 1. The van der Waals surface area contributed by atoms with Crippen molar-refractivity contribution >= 4 is 16.2 Å². The van der Waals surface area contributed by atoms with E-state index in [1.807, 2.05) is 0 Å². The SMILES string of the molecule is CN(C)S(=O)(=O)NCc1ccnc(N2CCCC2)n1. The first kappa shape index (κ1) is 14.2. The lowest BCUT2D eigenvalue weighted by atomic mass is 10.4. The predicted octanol–water partition coefficient (Wildman–Crippen LogP) is -0.0272. The largest absolute Gasteiger partial charge is 0.341 e. The maximum atomic E-state index is 11.6. The van der Waals surface area contributed by atoms with Gasteiger partial charge in [-0.3, -0.25) is 0 Å². The zero-order valence-corrected chi connectivity index (χ0v) is 12.0. The summed E-state index contributed by atoms with van der Waals surface area (Å²) in [5.41, 5.74) is 0.669. The van der Waals surface area contributed by atoms with Crippen molar-refractivity contribution in [1.82, 2.24) is 19.0 Å². The fourth-order valence-electron chi connectivity index (χ4n) is 1.85. The topological polar surface area (TPSA) is 78.4 Å². The third-order valence-electron chi connectivity index (χ3n) is 3.01. The first-order valence-corrected chi connectivity index (χ1v) is 7.67. The molecule has 1 aliphatic heterocycles. The van der Waals surface area contributed by atoms with E-state index in [1.165, 1.54) is 14.1 Å². The molecule has 19 heavy (non-hydrogen) atoms. The van der Waals surface area contributed by atoms with E-state index < -0.39 is 10.2 Å². The highest BCUT2D eigenvalue weighted by Crippen LogP contribution is 2.15. The van der Waals surface area contributed by atoms with Crippen molar-refractivity contribution in [1.29, 1.82) is 0 Å². The van der Waals surface area contributed by atoms with Crippen molar-refractivity contribution in [3.8, 4) is 0 Å². The molecule has 0 bridgehead atoms. The van der Waals surface area contributed by atoms with Gasteiger partial charge in [0.25, 0.3) is 10.2 Å². The van der Waals surface area contributed by atoms with Crippen LogP contribution in [0.4, 0.5) is 5.95 Å². The number of hydrogen-bond acceptors (Lipinski definition) is 5. The molecule has 0 saturated carbocycles. The molecular weight excluding hydrogens is 266 g/mol. The Hall–Kier alpha value is -1.25. The molecule has 106 valence electrons. The van der Waals surface area contributed by atoms with E-state index in [9.17, 15) is 8.42 Å². The minimum absolute atomic E-state index is 0.171. The van der Waals surface area contributed by atoms with Crippen LogP contribution < -0.4 is 9.62 Å². The van der Waals surface area contributed by atoms with E-state index in [0.29, 0.717) is 11.6 Å². The molecule has 1 N–H and O–H groups in total. The summed E-state index contributed by atoms with van der Waals surface area (Å²) in [6, 6.07) is 1.72. The molecule has 0 atom stereocenters. The molecule has 7 nitrogen and oxygen atoms in total. The fourth-order valence-corrected chi connectivity index (χ4v) is 2.44. The van der Waals surface area contributed by atoms with Crippen LogP contribution in [0.15, 0.2) is 12.3 Å². The van der Waals surface area contributed by atoms with Gasteiger partial charge < -0.3 is 4.90 Å². The molecule has 0 radical (unpaired) electrons. The highest BCUT2D eigenvalue weighted by molar-refractivity contribution is 7.87. The van der Waals surface area contributed by atoms with Crippen LogP contribution in [0, 0.1) is 0 Å². The van der Waals surface area contributed by atoms with E-state index in [0.717, 1.165) is 30.2 Å². The van der Waals surface area contributed by atoms with Crippen molar-refractivity contribution < 1.29 is 8.42 Å². The minimum atomic E-state index is -3.42. The van der Waals surface area contributed by atoms with E-state index in [2.05, 4.69) is 19.6 Å². The van der Waals surface area contributed by atoms with Gasteiger partial charge >= 0.3 is 0 Å². The highest BCUT2D eigenvalue weighted by Gasteiger charge is 2.16. The van der Waals surface area contributed by atoms with Crippen LogP contribution >= 0.6 is 0 Å². The second-order valence-electron chi connectivity index (χ2n) is 4.65. The summed E-state index contributed by atoms with van der Waals surface area (Å²) in [6.07, 6.45) is 3.97. The minimum Gasteiger partial charge on any atom is -0.341 e. The first-order valence-electron chi connectivity index (χ1n) is 6.23. The average molecular weight is 285 g/mol. The van der Waals surface area contributed by atoms with Crippen molar-refractivity contribution in [2.75, 3.05) is 32.1 Å². The van der Waals surface area contributed by atoms with Gasteiger partial charge in [0.2, 0.25) is 5.95 Å². The van der Waals surface area contributed by atoms with E-state index >= 15 is 0 Å². The van der Waals surface area contributed by atoms with Crippen LogP contribution in [0.3, 0.4) is 0 Å². The van der Waals surface area contributed by atoms with Crippen molar-refractivity contribution in [3.63, 3.8) is 0 Å². The van der Waals surface area contributed by atoms with Gasteiger partial charge in [-0.25, -0.2) is 9.97 Å².